The number of nitrogens with zero attached hydrogens (tertiary/aromatic N) is 1. The second-order valence-corrected chi connectivity index (χ2v) is 2.09. The summed E-state index contributed by atoms with van der Waals surface area (Å²) in [5.74, 6) is 0. The Hall–Kier alpha value is 0.396. The Labute approximate surface area is 75.8 Å². The molecule has 0 amide bonds. The summed E-state index contributed by atoms with van der Waals surface area (Å²) in [6, 6.07) is 3.82. The van der Waals surface area contributed by atoms with Crippen LogP contribution in [0.4, 0.5) is 0 Å². The van der Waals surface area contributed by atoms with Gasteiger partial charge in [-0.1, -0.05) is 0 Å². The molecule has 1 aromatic heterocycles. The van der Waals surface area contributed by atoms with E-state index in [2.05, 4.69) is 20.9 Å². The van der Waals surface area contributed by atoms with E-state index < -0.39 is 0 Å². The number of aromatic nitrogens is 1. The van der Waals surface area contributed by atoms with E-state index in [0.29, 0.717) is 0 Å². The summed E-state index contributed by atoms with van der Waals surface area (Å²) in [5.41, 5.74) is 0. The average molecular weight is 184 g/mol. The molecule has 1 aromatic rings. The molecule has 0 fully saturated rings. The van der Waals surface area contributed by atoms with Crippen LogP contribution in [0, 0.1) is 0 Å². The summed E-state index contributed by atoms with van der Waals surface area (Å²) in [7, 11) is 0. The minimum Gasteiger partial charge on any atom is -1.00 e. The van der Waals surface area contributed by atoms with Gasteiger partial charge in [-0.2, -0.15) is 0 Å². The van der Waals surface area contributed by atoms with E-state index >= 15 is 0 Å². The molecular formula is C5H6BrMgN. The number of halogens is 1. The first-order valence-corrected chi connectivity index (χ1v) is 2.74. The first kappa shape index (κ1) is 8.40. The van der Waals surface area contributed by atoms with Gasteiger partial charge >= 0.3 is 23.1 Å². The van der Waals surface area contributed by atoms with Crippen molar-refractivity contribution in [2.24, 2.45) is 0 Å². The Kier molecular flexibility index (Phi) is 4.50. The molecule has 1 rings (SSSR count). The van der Waals surface area contributed by atoms with Crippen molar-refractivity contribution in [3.05, 3.63) is 29.0 Å². The van der Waals surface area contributed by atoms with Crippen LogP contribution in [0.2, 0.25) is 0 Å². The molecule has 8 heavy (non-hydrogen) atoms. The van der Waals surface area contributed by atoms with Crippen LogP contribution in [0.5, 0.6) is 0 Å². The second kappa shape index (κ2) is 4.29. The molecule has 0 bridgehead atoms. The fourth-order valence-corrected chi connectivity index (χ4v) is 0.613. The quantitative estimate of drug-likeness (QED) is 0.559. The molecule has 0 saturated carbocycles. The van der Waals surface area contributed by atoms with E-state index in [4.69, 9.17) is 0 Å². The van der Waals surface area contributed by atoms with Crippen molar-refractivity contribution in [2.75, 3.05) is 0 Å². The minimum atomic E-state index is 0. The van der Waals surface area contributed by atoms with Gasteiger partial charge in [-0.05, 0) is 28.1 Å². The van der Waals surface area contributed by atoms with Gasteiger partial charge in [0.1, 0.15) is 0 Å². The van der Waals surface area contributed by atoms with Gasteiger partial charge in [-0.15, -0.1) is 0 Å². The third-order valence-electron chi connectivity index (χ3n) is 0.625. The third kappa shape index (κ3) is 2.64. The van der Waals surface area contributed by atoms with E-state index in [1.54, 1.807) is 12.4 Å². The molecular weight excluding hydrogens is 178 g/mol. The molecule has 0 aromatic carbocycles. The van der Waals surface area contributed by atoms with Crippen molar-refractivity contribution in [1.82, 2.24) is 4.98 Å². The van der Waals surface area contributed by atoms with Crippen molar-refractivity contribution in [3.63, 3.8) is 0 Å². The molecule has 0 unspecified atom stereocenters. The zero-order chi connectivity index (χ0) is 5.11. The molecule has 40 valence electrons. The Morgan fingerprint density at radius 1 is 1.62 bits per heavy atom. The fourth-order valence-electron chi connectivity index (χ4n) is 0.342. The van der Waals surface area contributed by atoms with Crippen molar-refractivity contribution in [2.45, 2.75) is 0 Å². The van der Waals surface area contributed by atoms with Gasteiger partial charge in [-0.25, -0.2) is 0 Å². The molecule has 1 heterocycles. The number of pyridine rings is 1. The third-order valence-corrected chi connectivity index (χ3v) is 1.09. The summed E-state index contributed by atoms with van der Waals surface area (Å²) >= 11 is 3.25. The van der Waals surface area contributed by atoms with Crippen LogP contribution in [-0.4, -0.2) is 28.0 Å². The van der Waals surface area contributed by atoms with E-state index in [1.807, 2.05) is 12.1 Å². The predicted molar refractivity (Wildman–Crippen MR) is 39.9 cm³/mol. The van der Waals surface area contributed by atoms with Gasteiger partial charge in [0, 0.05) is 16.9 Å². The summed E-state index contributed by atoms with van der Waals surface area (Å²) in [5, 5.41) is 0. The molecule has 0 aliphatic heterocycles. The van der Waals surface area contributed by atoms with E-state index in [0.717, 1.165) is 4.47 Å². The largest absolute Gasteiger partial charge is 2.00 e. The maximum Gasteiger partial charge on any atom is 2.00 e. The molecule has 1 nitrogen and oxygen atoms in total. The SMILES string of the molecule is Brc1cccnc1.[H-].[H-].[Mg+2]. The maximum atomic E-state index is 3.84. The Balaban J connectivity index is -0.000000163. The number of hydrogen-bond acceptors (Lipinski definition) is 1. The Morgan fingerprint density at radius 3 is 2.62 bits per heavy atom. The molecule has 0 N–H and O–H groups in total. The minimum absolute atomic E-state index is 0. The van der Waals surface area contributed by atoms with E-state index in [-0.39, 0.29) is 25.9 Å². The number of hydrogen-bond donors (Lipinski definition) is 0. The summed E-state index contributed by atoms with van der Waals surface area (Å²) in [6.45, 7) is 0. The molecule has 0 aliphatic rings. The van der Waals surface area contributed by atoms with Crippen LogP contribution in [0.15, 0.2) is 29.0 Å². The van der Waals surface area contributed by atoms with Gasteiger partial charge in [0.15, 0.2) is 0 Å². The smallest absolute Gasteiger partial charge is 1.00 e. The topological polar surface area (TPSA) is 12.9 Å². The van der Waals surface area contributed by atoms with Crippen molar-refractivity contribution in [1.29, 1.82) is 0 Å². The summed E-state index contributed by atoms with van der Waals surface area (Å²) in [6.07, 6.45) is 3.49. The Bertz CT molecular complexity index is 150. The Morgan fingerprint density at radius 2 is 2.38 bits per heavy atom. The molecule has 0 aliphatic carbocycles. The normalized spacial score (nSPS) is 7.62. The monoisotopic (exact) mass is 183 g/mol. The van der Waals surface area contributed by atoms with Crippen LogP contribution in [0.1, 0.15) is 2.85 Å². The van der Waals surface area contributed by atoms with E-state index in [9.17, 15) is 0 Å². The second-order valence-electron chi connectivity index (χ2n) is 1.17. The van der Waals surface area contributed by atoms with Gasteiger partial charge in [0.2, 0.25) is 0 Å². The molecule has 0 radical (unpaired) electrons. The standard InChI is InChI=1S/C5H4BrN.Mg.2H/c6-5-2-1-3-7-4-5;;;/h1-4H;;;/q;+2;2*-1. The van der Waals surface area contributed by atoms with Crippen LogP contribution < -0.4 is 0 Å². The van der Waals surface area contributed by atoms with Crippen LogP contribution in [0.25, 0.3) is 0 Å². The molecule has 0 spiro atoms. The molecule has 0 saturated heterocycles. The first-order valence-electron chi connectivity index (χ1n) is 1.95. The number of rotatable bonds is 0. The van der Waals surface area contributed by atoms with Crippen LogP contribution in [-0.2, 0) is 0 Å². The molecule has 0 atom stereocenters. The van der Waals surface area contributed by atoms with Gasteiger partial charge in [0.05, 0.1) is 0 Å². The first-order chi connectivity index (χ1) is 3.39. The average Bonchev–Trinajstić information content (AvgIpc) is 1.69. The zero-order valence-corrected chi connectivity index (χ0v) is 7.34. The maximum absolute atomic E-state index is 3.84. The van der Waals surface area contributed by atoms with Crippen molar-refractivity contribution in [3.8, 4) is 0 Å². The van der Waals surface area contributed by atoms with Gasteiger partial charge < -0.3 is 2.85 Å². The van der Waals surface area contributed by atoms with Crippen molar-refractivity contribution >= 4 is 39.0 Å². The van der Waals surface area contributed by atoms with Crippen LogP contribution >= 0.6 is 15.9 Å². The summed E-state index contributed by atoms with van der Waals surface area (Å²) < 4.78 is 1.02. The van der Waals surface area contributed by atoms with Crippen molar-refractivity contribution < 1.29 is 2.85 Å². The van der Waals surface area contributed by atoms with Crippen LogP contribution in [0.3, 0.4) is 0 Å². The van der Waals surface area contributed by atoms with E-state index in [1.165, 1.54) is 0 Å². The fraction of sp³-hybridized carbons (Fsp3) is 0. The zero-order valence-electron chi connectivity index (χ0n) is 6.34. The predicted octanol–water partition coefficient (Wildman–Crippen LogP) is 1.69. The molecule has 3 heteroatoms. The van der Waals surface area contributed by atoms with Gasteiger partial charge in [-0.3, -0.25) is 4.98 Å². The summed E-state index contributed by atoms with van der Waals surface area (Å²) in [4.78, 5) is 3.84. The van der Waals surface area contributed by atoms with Gasteiger partial charge in [0.25, 0.3) is 0 Å².